The van der Waals surface area contributed by atoms with E-state index in [4.69, 9.17) is 0 Å². The molecule has 0 saturated heterocycles. The van der Waals surface area contributed by atoms with Crippen LogP contribution in [0.2, 0.25) is 0 Å². The third-order valence-electron chi connectivity index (χ3n) is 16.7. The van der Waals surface area contributed by atoms with Crippen molar-refractivity contribution in [1.29, 1.82) is 0 Å². The second-order valence-electron chi connectivity index (χ2n) is 20.4. The van der Waals surface area contributed by atoms with E-state index in [2.05, 4.69) is 243 Å². The van der Waals surface area contributed by atoms with Crippen molar-refractivity contribution in [3.05, 3.63) is 243 Å². The number of hydrogen-bond donors (Lipinski definition) is 0. The van der Waals surface area contributed by atoms with Crippen LogP contribution in [0.1, 0.15) is 0 Å². The van der Waals surface area contributed by atoms with Crippen molar-refractivity contribution in [2.24, 2.45) is 0 Å². The monoisotopic (exact) mass is 904 g/mol. The maximum Gasteiger partial charge on any atom is -0.00990 e. The lowest BCUT2D eigenvalue weighted by Crippen LogP contribution is -1.87. The standard InChI is InChI=1S/C72H40/c1-17-57-49-9-26-66-59-19-3-43(35-51(59)10-25-65(57)66)44-5-21-61-53(36-44)13-29-70-63-23-7-47(39-55(63)14-30-69(61)70)48-8-24-64-56(40-48)16-32-71-62-22-6-46(38-54(62)15-31-72(64)71)45-4-20-60-52(37-45)12-28-67-58-18-2-42(41(1)33-49)34-50(58)11-27-68(60)67/h1-40H. The largest absolute Gasteiger partial charge is 0.0537 e. The van der Waals surface area contributed by atoms with Crippen LogP contribution in [0.3, 0.4) is 0 Å². The Morgan fingerprint density at radius 2 is 0.208 bits per heavy atom. The van der Waals surface area contributed by atoms with Crippen molar-refractivity contribution in [2.75, 3.05) is 0 Å². The van der Waals surface area contributed by atoms with Crippen molar-refractivity contribution < 1.29 is 0 Å². The molecule has 29 aliphatic carbocycles. The number of rotatable bonds is 0. The summed E-state index contributed by atoms with van der Waals surface area (Å²) in [4.78, 5) is 0. The van der Waals surface area contributed by atoms with Crippen LogP contribution in [-0.2, 0) is 0 Å². The predicted molar refractivity (Wildman–Crippen MR) is 312 cm³/mol. The molecule has 0 heteroatoms. The highest BCUT2D eigenvalue weighted by Crippen LogP contribution is 2.42. The van der Waals surface area contributed by atoms with E-state index >= 15 is 0 Å². The molecule has 29 aliphatic rings. The minimum absolute atomic E-state index is 1.23. The summed E-state index contributed by atoms with van der Waals surface area (Å²) in [7, 11) is 0. The Balaban J connectivity index is 0.847. The zero-order valence-electron chi connectivity index (χ0n) is 39.1. The van der Waals surface area contributed by atoms with E-state index in [1.807, 2.05) is 0 Å². The van der Waals surface area contributed by atoms with Crippen molar-refractivity contribution in [1.82, 2.24) is 0 Å². The van der Waals surface area contributed by atoms with E-state index in [1.165, 1.54) is 174 Å². The topological polar surface area (TPSA) is 0 Å². The molecule has 0 aliphatic heterocycles. The maximum absolute atomic E-state index is 2.36. The molecular weight excluding hydrogens is 865 g/mol. The Labute approximate surface area is 414 Å². The second-order valence-corrected chi connectivity index (χ2v) is 20.4. The van der Waals surface area contributed by atoms with Crippen molar-refractivity contribution in [3.8, 4) is 44.5 Å². The van der Waals surface area contributed by atoms with Crippen LogP contribution in [-0.4, -0.2) is 0 Å². The average molecular weight is 905 g/mol. The molecule has 0 saturated carbocycles. The van der Waals surface area contributed by atoms with Gasteiger partial charge in [0.25, 0.3) is 0 Å². The summed E-state index contributed by atoms with van der Waals surface area (Å²) in [5.41, 5.74) is 9.85. The van der Waals surface area contributed by atoms with Crippen molar-refractivity contribution in [3.63, 3.8) is 0 Å². The Morgan fingerprint density at radius 1 is 0.0972 bits per heavy atom. The van der Waals surface area contributed by atoms with Gasteiger partial charge in [-0.3, -0.25) is 0 Å². The lowest BCUT2D eigenvalue weighted by atomic mass is 9.91. The van der Waals surface area contributed by atoms with E-state index in [9.17, 15) is 0 Å². The molecule has 45 rings (SSSR count). The quantitative estimate of drug-likeness (QED) is 0.133. The first-order valence-electron chi connectivity index (χ1n) is 25.2. The van der Waals surface area contributed by atoms with E-state index in [0.717, 1.165) is 0 Å². The Bertz CT molecular complexity index is 4170. The molecule has 32 bridgehead atoms. The molecular formula is C72H40. The Hall–Kier alpha value is -9.36. The molecule has 328 valence electrons. The second kappa shape index (κ2) is 14.1. The highest BCUT2D eigenvalue weighted by Gasteiger charge is 2.15. The van der Waals surface area contributed by atoms with Gasteiger partial charge in [-0.2, -0.15) is 0 Å². The molecule has 0 radical (unpaired) electrons. The fourth-order valence-electron chi connectivity index (χ4n) is 13.0. The SMILES string of the molecule is c1cc2c3ccc4c5ccc(cc5ccc24)-c2ccc4c(ccc5c6ccc(cc6ccc45)-c4ccc5c(ccc6c7ccc(cc7ccc56)-c5ccc6c(ccc7c8ccc(cc8ccc67)-c1c3)c5)c4)c2. The van der Waals surface area contributed by atoms with E-state index in [0.29, 0.717) is 0 Å². The first-order chi connectivity index (χ1) is 35.6. The molecule has 0 aromatic heterocycles. The van der Waals surface area contributed by atoms with Gasteiger partial charge in [0.2, 0.25) is 0 Å². The van der Waals surface area contributed by atoms with Gasteiger partial charge in [-0.15, -0.1) is 0 Å². The highest BCUT2D eigenvalue weighted by molar-refractivity contribution is 6.22. The van der Waals surface area contributed by atoms with Gasteiger partial charge in [-0.25, -0.2) is 0 Å². The van der Waals surface area contributed by atoms with Gasteiger partial charge >= 0.3 is 0 Å². The zero-order chi connectivity index (χ0) is 46.8. The summed E-state index contributed by atoms with van der Waals surface area (Å²) in [6.45, 7) is 0. The third kappa shape index (κ3) is 5.47. The summed E-state index contributed by atoms with van der Waals surface area (Å²) in [6, 6.07) is 92.9. The van der Waals surface area contributed by atoms with Crippen LogP contribution in [0.4, 0.5) is 0 Å². The fourth-order valence-corrected chi connectivity index (χ4v) is 13.0. The van der Waals surface area contributed by atoms with E-state index < -0.39 is 0 Å². The third-order valence-corrected chi connectivity index (χ3v) is 16.7. The Kier molecular flexibility index (Phi) is 7.55. The summed E-state index contributed by atoms with van der Waals surface area (Å²) in [5.74, 6) is 0. The molecule has 0 atom stereocenters. The number of hydrogen-bond acceptors (Lipinski definition) is 0. The van der Waals surface area contributed by atoms with Crippen molar-refractivity contribution >= 4 is 129 Å². The average Bonchev–Trinajstić information content (AvgIpc) is 3.44. The Morgan fingerprint density at radius 3 is 0.333 bits per heavy atom. The summed E-state index contributed by atoms with van der Waals surface area (Å²) >= 11 is 0. The van der Waals surface area contributed by atoms with Crippen LogP contribution in [0, 0.1) is 0 Å². The lowest BCUT2D eigenvalue weighted by molar-refractivity contribution is 1.68. The first kappa shape index (κ1) is 38.5. The maximum atomic E-state index is 2.36. The first-order valence-corrected chi connectivity index (χ1v) is 25.2. The van der Waals surface area contributed by atoms with Gasteiger partial charge in [-0.1, -0.05) is 194 Å². The minimum atomic E-state index is 1.23. The minimum Gasteiger partial charge on any atom is -0.0537 e. The summed E-state index contributed by atoms with van der Waals surface area (Å²) in [5, 5.41) is 30.6. The molecule has 16 aromatic rings. The number of benzene rings is 16. The zero-order valence-corrected chi connectivity index (χ0v) is 39.1. The highest BCUT2D eigenvalue weighted by atomic mass is 14.2. The van der Waals surface area contributed by atoms with E-state index in [1.54, 1.807) is 0 Å². The van der Waals surface area contributed by atoms with Crippen molar-refractivity contribution in [2.45, 2.75) is 0 Å². The van der Waals surface area contributed by atoms with E-state index in [-0.39, 0.29) is 0 Å². The predicted octanol–water partition coefficient (Wildman–Crippen LogP) is 20.5. The van der Waals surface area contributed by atoms with Gasteiger partial charge in [-0.05, 0) is 222 Å². The smallest absolute Gasteiger partial charge is 0.00990 e. The van der Waals surface area contributed by atoms with Crippen LogP contribution >= 0.6 is 0 Å². The van der Waals surface area contributed by atoms with Gasteiger partial charge in [0, 0.05) is 0 Å². The van der Waals surface area contributed by atoms with Gasteiger partial charge in [0.1, 0.15) is 0 Å². The van der Waals surface area contributed by atoms with Gasteiger partial charge in [0.05, 0.1) is 0 Å². The van der Waals surface area contributed by atoms with Crippen LogP contribution < -0.4 is 0 Å². The van der Waals surface area contributed by atoms with Crippen LogP contribution in [0.5, 0.6) is 0 Å². The van der Waals surface area contributed by atoms with Gasteiger partial charge in [0.15, 0.2) is 0 Å². The normalized spacial score (nSPS) is 12.4. The molecule has 0 unspecified atom stereocenters. The fraction of sp³-hybridized carbons (Fsp3) is 0. The molecule has 0 heterocycles. The molecule has 0 spiro atoms. The molecule has 0 nitrogen and oxygen atoms in total. The lowest BCUT2D eigenvalue weighted by Gasteiger charge is -2.13. The molecule has 72 heavy (non-hydrogen) atoms. The molecule has 0 amide bonds. The molecule has 0 fully saturated rings. The molecule has 16 aromatic carbocycles. The summed E-state index contributed by atoms with van der Waals surface area (Å²) in [6.07, 6.45) is 0. The van der Waals surface area contributed by atoms with Gasteiger partial charge < -0.3 is 0 Å². The summed E-state index contributed by atoms with van der Waals surface area (Å²) < 4.78 is 0. The molecule has 0 N–H and O–H groups in total. The van der Waals surface area contributed by atoms with Crippen LogP contribution in [0.15, 0.2) is 243 Å². The van der Waals surface area contributed by atoms with Crippen LogP contribution in [0.25, 0.3) is 174 Å².